The van der Waals surface area contributed by atoms with Crippen LogP contribution in [0.5, 0.6) is 11.5 Å². The second-order valence-corrected chi connectivity index (χ2v) is 9.66. The molecule has 0 saturated carbocycles. The molecule has 198 valence electrons. The summed E-state index contributed by atoms with van der Waals surface area (Å²) in [7, 11) is -3.96. The summed E-state index contributed by atoms with van der Waals surface area (Å²) < 4.78 is 29.7. The normalized spacial score (nSPS) is 10.9. The Kier molecular flexibility index (Phi) is 7.67. The topological polar surface area (TPSA) is 198 Å². The molecular formula is C26H21N5O7S. The van der Waals surface area contributed by atoms with Crippen molar-refractivity contribution in [3.8, 4) is 22.6 Å². The van der Waals surface area contributed by atoms with Gasteiger partial charge in [-0.1, -0.05) is 42.5 Å². The summed E-state index contributed by atoms with van der Waals surface area (Å²) in [6, 6.07) is 22.1. The molecule has 0 spiro atoms. The van der Waals surface area contributed by atoms with Gasteiger partial charge < -0.3 is 10.1 Å². The summed E-state index contributed by atoms with van der Waals surface area (Å²) in [6.07, 6.45) is 0. The molecule has 0 unspecified atom stereocenters. The zero-order valence-electron chi connectivity index (χ0n) is 20.0. The van der Waals surface area contributed by atoms with E-state index in [1.165, 1.54) is 24.3 Å². The van der Waals surface area contributed by atoms with E-state index < -0.39 is 20.9 Å². The number of nitrogens with one attached hydrogen (secondary N) is 3. The fourth-order valence-corrected chi connectivity index (χ4v) is 4.45. The Morgan fingerprint density at radius 3 is 2.36 bits per heavy atom. The molecule has 1 amide bonds. The van der Waals surface area contributed by atoms with E-state index in [4.69, 9.17) is 20.5 Å². The number of primary sulfonamides is 1. The molecule has 0 aromatic heterocycles. The van der Waals surface area contributed by atoms with Gasteiger partial charge in [0.2, 0.25) is 10.0 Å². The minimum Gasteiger partial charge on any atom is -0.457 e. The molecule has 0 fully saturated rings. The summed E-state index contributed by atoms with van der Waals surface area (Å²) in [5.74, 6) is -0.754. The van der Waals surface area contributed by atoms with Gasteiger partial charge in [-0.15, -0.1) is 0 Å². The van der Waals surface area contributed by atoms with E-state index in [1.807, 2.05) is 0 Å². The average Bonchev–Trinajstić information content (AvgIpc) is 2.92. The van der Waals surface area contributed by atoms with Gasteiger partial charge in [0.15, 0.2) is 0 Å². The van der Waals surface area contributed by atoms with E-state index in [0.29, 0.717) is 22.4 Å². The number of hydrogen-bond donors (Lipinski definition) is 5. The lowest BCUT2D eigenvalue weighted by atomic mass is 10.1. The summed E-state index contributed by atoms with van der Waals surface area (Å²) in [5, 5.41) is 36.0. The number of sulfonamides is 1. The van der Waals surface area contributed by atoms with E-state index >= 15 is 0 Å². The minimum absolute atomic E-state index is 0.0115. The third kappa shape index (κ3) is 6.24. The van der Waals surface area contributed by atoms with Crippen molar-refractivity contribution in [2.75, 3.05) is 5.32 Å². The summed E-state index contributed by atoms with van der Waals surface area (Å²) in [5.41, 5.74) is 2.82. The van der Waals surface area contributed by atoms with Gasteiger partial charge in [0, 0.05) is 28.9 Å². The third-order valence-electron chi connectivity index (χ3n) is 5.53. The average molecular weight is 548 g/mol. The van der Waals surface area contributed by atoms with Crippen LogP contribution in [0.25, 0.3) is 11.1 Å². The molecule has 0 heterocycles. The van der Waals surface area contributed by atoms with Gasteiger partial charge in [-0.2, -0.15) is 0 Å². The van der Waals surface area contributed by atoms with Crippen molar-refractivity contribution in [2.45, 2.75) is 4.90 Å². The molecule has 4 aromatic carbocycles. The van der Waals surface area contributed by atoms with Crippen LogP contribution in [0.3, 0.4) is 0 Å². The Labute approximate surface area is 222 Å². The third-order valence-corrected chi connectivity index (χ3v) is 6.50. The first-order valence-electron chi connectivity index (χ1n) is 11.2. The first-order valence-corrected chi connectivity index (χ1v) is 12.7. The Hall–Kier alpha value is -5.11. The zero-order valence-corrected chi connectivity index (χ0v) is 20.8. The number of hydrogen-bond acceptors (Lipinski definition) is 8. The highest BCUT2D eigenvalue weighted by Crippen LogP contribution is 2.31. The Morgan fingerprint density at radius 2 is 1.69 bits per heavy atom. The summed E-state index contributed by atoms with van der Waals surface area (Å²) in [4.78, 5) is 23.8. The Morgan fingerprint density at radius 1 is 0.974 bits per heavy atom. The maximum absolute atomic E-state index is 13.2. The molecule has 0 aliphatic rings. The summed E-state index contributed by atoms with van der Waals surface area (Å²) in [6.45, 7) is 0. The van der Waals surface area contributed by atoms with Crippen LogP contribution in [0, 0.1) is 15.5 Å². The van der Waals surface area contributed by atoms with Gasteiger partial charge in [0.25, 0.3) is 11.6 Å². The van der Waals surface area contributed by atoms with Crippen molar-refractivity contribution in [1.29, 1.82) is 5.41 Å². The molecule has 4 aromatic rings. The quantitative estimate of drug-likeness (QED) is 0.0932. The molecular weight excluding hydrogens is 526 g/mol. The number of hydroxylamine groups is 1. The highest BCUT2D eigenvalue weighted by atomic mass is 32.2. The molecule has 39 heavy (non-hydrogen) atoms. The zero-order chi connectivity index (χ0) is 28.2. The van der Waals surface area contributed by atoms with E-state index in [2.05, 4.69) is 5.32 Å². The van der Waals surface area contributed by atoms with Crippen LogP contribution in [0.2, 0.25) is 0 Å². The number of nitrogens with zero attached hydrogens (tertiary/aromatic N) is 1. The van der Waals surface area contributed by atoms with Gasteiger partial charge in [-0.25, -0.2) is 13.6 Å². The molecule has 12 nitrogen and oxygen atoms in total. The monoisotopic (exact) mass is 547 g/mol. The predicted octanol–water partition coefficient (Wildman–Crippen LogP) is 4.26. The Bertz CT molecular complexity index is 1690. The molecule has 0 saturated heterocycles. The largest absolute Gasteiger partial charge is 0.457 e. The number of non-ortho nitro benzene ring substituents is 1. The molecule has 6 N–H and O–H groups in total. The number of amidine groups is 1. The first kappa shape index (κ1) is 26.9. The second kappa shape index (κ2) is 11.1. The number of nitro groups is 1. The van der Waals surface area contributed by atoms with Crippen molar-refractivity contribution < 1.29 is 28.1 Å². The lowest BCUT2D eigenvalue weighted by molar-refractivity contribution is -0.384. The van der Waals surface area contributed by atoms with Crippen molar-refractivity contribution in [3.63, 3.8) is 0 Å². The molecule has 0 atom stereocenters. The maximum Gasteiger partial charge on any atom is 0.270 e. The van der Waals surface area contributed by atoms with Gasteiger partial charge in [0.05, 0.1) is 15.4 Å². The number of carbonyl (C=O) groups excluding carboxylic acids is 1. The van der Waals surface area contributed by atoms with Crippen molar-refractivity contribution in [1.82, 2.24) is 5.48 Å². The summed E-state index contributed by atoms with van der Waals surface area (Å²) >= 11 is 0. The number of rotatable bonds is 8. The van der Waals surface area contributed by atoms with Crippen molar-refractivity contribution in [3.05, 3.63) is 112 Å². The highest BCUT2D eigenvalue weighted by Gasteiger charge is 2.20. The SMILES string of the molecule is N=C(NO)c1cccc(Oc2ccc([N+](=O)[O-])cc2C(=O)Nc2ccc(-c3ccccc3S(N)(=O)=O)cc2)c1. The van der Waals surface area contributed by atoms with Crippen LogP contribution >= 0.6 is 0 Å². The van der Waals surface area contributed by atoms with Crippen LogP contribution < -0.4 is 20.7 Å². The Balaban J connectivity index is 1.62. The van der Waals surface area contributed by atoms with Crippen molar-refractivity contribution in [2.24, 2.45) is 5.14 Å². The van der Waals surface area contributed by atoms with Gasteiger partial charge in [0.1, 0.15) is 17.3 Å². The predicted molar refractivity (Wildman–Crippen MR) is 143 cm³/mol. The van der Waals surface area contributed by atoms with E-state index in [-0.39, 0.29) is 33.5 Å². The van der Waals surface area contributed by atoms with Crippen LogP contribution in [-0.4, -0.2) is 30.3 Å². The first-order chi connectivity index (χ1) is 18.6. The van der Waals surface area contributed by atoms with Crippen LogP contribution in [-0.2, 0) is 10.0 Å². The number of benzene rings is 4. The van der Waals surface area contributed by atoms with Gasteiger partial charge >= 0.3 is 0 Å². The molecule has 0 aliphatic heterocycles. The molecule has 0 radical (unpaired) electrons. The number of nitrogens with two attached hydrogens (primary N) is 1. The van der Waals surface area contributed by atoms with Crippen LogP contribution in [0.15, 0.2) is 95.9 Å². The molecule has 0 bridgehead atoms. The standard InChI is InChI=1S/C26H21N5O7S/c27-25(30-33)17-4-3-5-20(14-17)38-23-13-12-19(31(34)35)15-22(23)26(32)29-18-10-8-16(9-11-18)21-6-1-2-7-24(21)39(28,36)37/h1-15,33H,(H2,27,30)(H,29,32)(H2,28,36,37). The highest BCUT2D eigenvalue weighted by molar-refractivity contribution is 7.89. The van der Waals surface area contributed by atoms with Crippen LogP contribution in [0.4, 0.5) is 11.4 Å². The van der Waals surface area contributed by atoms with Gasteiger partial charge in [-0.05, 0) is 42.0 Å². The van der Waals surface area contributed by atoms with Crippen molar-refractivity contribution >= 4 is 33.1 Å². The number of carbonyl (C=O) groups is 1. The lowest BCUT2D eigenvalue weighted by Gasteiger charge is -2.13. The van der Waals surface area contributed by atoms with Crippen LogP contribution in [0.1, 0.15) is 15.9 Å². The number of nitro benzene ring substituents is 1. The smallest absolute Gasteiger partial charge is 0.270 e. The van der Waals surface area contributed by atoms with Gasteiger partial charge in [-0.3, -0.25) is 31.0 Å². The lowest BCUT2D eigenvalue weighted by Crippen LogP contribution is -2.18. The number of ether oxygens (including phenoxy) is 1. The van der Waals surface area contributed by atoms with E-state index in [0.717, 1.165) is 6.07 Å². The maximum atomic E-state index is 13.2. The fourth-order valence-electron chi connectivity index (χ4n) is 3.69. The molecule has 13 heteroatoms. The fraction of sp³-hybridized carbons (Fsp3) is 0. The number of amides is 1. The van der Waals surface area contributed by atoms with E-state index in [1.54, 1.807) is 66.1 Å². The number of anilines is 1. The van der Waals surface area contributed by atoms with E-state index in [9.17, 15) is 23.3 Å². The molecule has 0 aliphatic carbocycles. The minimum atomic E-state index is -3.96. The second-order valence-electron chi connectivity index (χ2n) is 8.13. The molecule has 4 rings (SSSR count).